The summed E-state index contributed by atoms with van der Waals surface area (Å²) in [6.45, 7) is 9.96. The number of halogens is 1. The summed E-state index contributed by atoms with van der Waals surface area (Å²) >= 11 is 5.90. The maximum Gasteiger partial charge on any atom is 0.271 e. The molecule has 1 amide bonds. The Balaban J connectivity index is 2.19. The molecule has 23 heavy (non-hydrogen) atoms. The maximum absolute atomic E-state index is 12.7. The first-order valence-electron chi connectivity index (χ1n) is 7.97. The van der Waals surface area contributed by atoms with Gasteiger partial charge in [-0.05, 0) is 30.0 Å². The second-order valence-electron chi connectivity index (χ2n) is 6.67. The highest BCUT2D eigenvalue weighted by Gasteiger charge is 2.20. The zero-order valence-electron chi connectivity index (χ0n) is 14.1. The summed E-state index contributed by atoms with van der Waals surface area (Å²) in [4.78, 5) is 14.6. The standard InChI is InChI=1S/C18H24ClN3O/c1-12(2)10-22(11-13(3)4)18(23)17-9-16(20-21-17)14-5-7-15(19)8-6-14/h5-9,12-13H,10-11H2,1-4H3,(H,20,21). The Hall–Kier alpha value is -1.81. The molecule has 0 aliphatic heterocycles. The van der Waals surface area contributed by atoms with Gasteiger partial charge in [-0.1, -0.05) is 51.4 Å². The number of nitrogens with zero attached hydrogens (tertiary/aromatic N) is 2. The van der Waals surface area contributed by atoms with Gasteiger partial charge in [0.2, 0.25) is 0 Å². The van der Waals surface area contributed by atoms with Crippen molar-refractivity contribution in [2.24, 2.45) is 11.8 Å². The van der Waals surface area contributed by atoms with Crippen molar-refractivity contribution in [2.75, 3.05) is 13.1 Å². The van der Waals surface area contributed by atoms with Crippen molar-refractivity contribution in [3.8, 4) is 11.3 Å². The molecule has 5 heteroatoms. The second kappa shape index (κ2) is 7.64. The maximum atomic E-state index is 12.7. The number of rotatable bonds is 6. The van der Waals surface area contributed by atoms with Crippen LogP contribution < -0.4 is 0 Å². The lowest BCUT2D eigenvalue weighted by Crippen LogP contribution is -2.37. The van der Waals surface area contributed by atoms with Gasteiger partial charge in [-0.2, -0.15) is 5.10 Å². The quantitative estimate of drug-likeness (QED) is 0.847. The molecule has 124 valence electrons. The number of aromatic nitrogens is 2. The summed E-state index contributed by atoms with van der Waals surface area (Å²) in [5, 5.41) is 7.81. The minimum absolute atomic E-state index is 0.000105. The third-order valence-corrected chi connectivity index (χ3v) is 3.66. The second-order valence-corrected chi connectivity index (χ2v) is 7.11. The van der Waals surface area contributed by atoms with E-state index in [4.69, 9.17) is 11.6 Å². The van der Waals surface area contributed by atoms with Crippen molar-refractivity contribution in [3.63, 3.8) is 0 Å². The van der Waals surface area contributed by atoms with Gasteiger partial charge in [0.05, 0.1) is 5.69 Å². The molecule has 2 rings (SSSR count). The highest BCUT2D eigenvalue weighted by molar-refractivity contribution is 6.30. The molecular formula is C18H24ClN3O. The molecule has 0 atom stereocenters. The van der Waals surface area contributed by atoms with Crippen LogP contribution in [-0.4, -0.2) is 34.1 Å². The van der Waals surface area contributed by atoms with Gasteiger partial charge in [0.15, 0.2) is 0 Å². The molecule has 0 saturated heterocycles. The van der Waals surface area contributed by atoms with E-state index in [1.165, 1.54) is 0 Å². The Morgan fingerprint density at radius 3 is 2.22 bits per heavy atom. The van der Waals surface area contributed by atoms with Gasteiger partial charge in [-0.3, -0.25) is 9.89 Å². The molecular weight excluding hydrogens is 310 g/mol. The normalized spacial score (nSPS) is 11.3. The van der Waals surface area contributed by atoms with Crippen molar-refractivity contribution in [1.29, 1.82) is 0 Å². The molecule has 0 radical (unpaired) electrons. The minimum atomic E-state index is 0.000105. The number of nitrogens with one attached hydrogen (secondary N) is 1. The van der Waals surface area contributed by atoms with Gasteiger partial charge >= 0.3 is 0 Å². The Morgan fingerprint density at radius 1 is 1.13 bits per heavy atom. The average molecular weight is 334 g/mol. The van der Waals surface area contributed by atoms with E-state index in [-0.39, 0.29) is 5.91 Å². The van der Waals surface area contributed by atoms with E-state index >= 15 is 0 Å². The largest absolute Gasteiger partial charge is 0.337 e. The molecule has 0 aliphatic carbocycles. The van der Waals surface area contributed by atoms with Gasteiger partial charge in [0.1, 0.15) is 5.69 Å². The number of amides is 1. The first-order valence-corrected chi connectivity index (χ1v) is 8.35. The number of carbonyl (C=O) groups excluding carboxylic acids is 1. The number of benzene rings is 1. The Kier molecular flexibility index (Phi) is 5.83. The van der Waals surface area contributed by atoms with E-state index in [1.807, 2.05) is 29.2 Å². The molecule has 1 heterocycles. The fourth-order valence-corrected chi connectivity index (χ4v) is 2.62. The molecule has 2 aromatic rings. The van der Waals surface area contributed by atoms with Gasteiger partial charge in [0.25, 0.3) is 5.91 Å². The summed E-state index contributed by atoms with van der Waals surface area (Å²) in [6.07, 6.45) is 0. The van der Waals surface area contributed by atoms with Gasteiger partial charge in [0, 0.05) is 23.7 Å². The lowest BCUT2D eigenvalue weighted by molar-refractivity contribution is 0.0709. The summed E-state index contributed by atoms with van der Waals surface area (Å²) in [5.41, 5.74) is 2.21. The van der Waals surface area contributed by atoms with Crippen molar-refractivity contribution in [3.05, 3.63) is 41.0 Å². The zero-order valence-corrected chi connectivity index (χ0v) is 14.9. The number of H-pyrrole nitrogens is 1. The number of hydrogen-bond acceptors (Lipinski definition) is 2. The summed E-state index contributed by atoms with van der Waals surface area (Å²) in [7, 11) is 0. The van der Waals surface area contributed by atoms with Crippen molar-refractivity contribution in [1.82, 2.24) is 15.1 Å². The van der Waals surface area contributed by atoms with Crippen LogP contribution in [0, 0.1) is 11.8 Å². The lowest BCUT2D eigenvalue weighted by Gasteiger charge is -2.25. The van der Waals surface area contributed by atoms with Gasteiger partial charge in [-0.15, -0.1) is 0 Å². The predicted molar refractivity (Wildman–Crippen MR) is 94.6 cm³/mol. The van der Waals surface area contributed by atoms with Crippen LogP contribution in [0.25, 0.3) is 11.3 Å². The van der Waals surface area contributed by atoms with E-state index < -0.39 is 0 Å². The summed E-state index contributed by atoms with van der Waals surface area (Å²) in [6, 6.07) is 9.23. The molecule has 0 fully saturated rings. The smallest absolute Gasteiger partial charge is 0.271 e. The topological polar surface area (TPSA) is 49.0 Å². The first-order chi connectivity index (χ1) is 10.9. The average Bonchev–Trinajstić information content (AvgIpc) is 2.95. The van der Waals surface area contributed by atoms with Crippen LogP contribution in [0.5, 0.6) is 0 Å². The van der Waals surface area contributed by atoms with Crippen molar-refractivity contribution >= 4 is 17.5 Å². The molecule has 1 aromatic heterocycles. The fourth-order valence-electron chi connectivity index (χ4n) is 2.49. The lowest BCUT2D eigenvalue weighted by atomic mass is 10.1. The molecule has 0 unspecified atom stereocenters. The molecule has 1 N–H and O–H groups in total. The molecule has 1 aromatic carbocycles. The highest BCUT2D eigenvalue weighted by atomic mass is 35.5. The number of hydrogen-bond donors (Lipinski definition) is 1. The van der Waals surface area contributed by atoms with Gasteiger partial charge < -0.3 is 4.90 Å². The van der Waals surface area contributed by atoms with Crippen LogP contribution in [0.2, 0.25) is 5.02 Å². The first kappa shape index (κ1) is 17.5. The van der Waals surface area contributed by atoms with E-state index in [9.17, 15) is 4.79 Å². The monoisotopic (exact) mass is 333 g/mol. The third kappa shape index (κ3) is 4.83. The zero-order chi connectivity index (χ0) is 17.0. The predicted octanol–water partition coefficient (Wildman–Crippen LogP) is 4.48. The van der Waals surface area contributed by atoms with Crippen LogP contribution in [0.3, 0.4) is 0 Å². The van der Waals surface area contributed by atoms with E-state index in [2.05, 4.69) is 37.9 Å². The molecule has 0 bridgehead atoms. The van der Waals surface area contributed by atoms with Crippen molar-refractivity contribution in [2.45, 2.75) is 27.7 Å². The molecule has 0 spiro atoms. The molecule has 0 saturated carbocycles. The van der Waals surface area contributed by atoms with E-state index in [1.54, 1.807) is 6.07 Å². The van der Waals surface area contributed by atoms with E-state index in [0.29, 0.717) is 22.6 Å². The molecule has 0 aliphatic rings. The Labute approximate surface area is 142 Å². The van der Waals surface area contributed by atoms with E-state index in [0.717, 1.165) is 24.3 Å². The number of aromatic amines is 1. The van der Waals surface area contributed by atoms with Crippen LogP contribution in [0.15, 0.2) is 30.3 Å². The van der Waals surface area contributed by atoms with Crippen LogP contribution in [-0.2, 0) is 0 Å². The fraction of sp³-hybridized carbons (Fsp3) is 0.444. The van der Waals surface area contributed by atoms with Crippen LogP contribution in [0.1, 0.15) is 38.2 Å². The summed E-state index contributed by atoms with van der Waals surface area (Å²) < 4.78 is 0. The van der Waals surface area contributed by atoms with Crippen LogP contribution >= 0.6 is 11.6 Å². The van der Waals surface area contributed by atoms with Crippen molar-refractivity contribution < 1.29 is 4.79 Å². The number of carbonyl (C=O) groups is 1. The third-order valence-electron chi connectivity index (χ3n) is 3.41. The molecule has 4 nitrogen and oxygen atoms in total. The highest BCUT2D eigenvalue weighted by Crippen LogP contribution is 2.21. The van der Waals surface area contributed by atoms with Crippen LogP contribution in [0.4, 0.5) is 0 Å². The minimum Gasteiger partial charge on any atom is -0.337 e. The Bertz CT molecular complexity index is 637. The summed E-state index contributed by atoms with van der Waals surface area (Å²) in [5.74, 6) is 0.854. The SMILES string of the molecule is CC(C)CN(CC(C)C)C(=O)c1cc(-c2ccc(Cl)cc2)n[nH]1. The Morgan fingerprint density at radius 2 is 1.70 bits per heavy atom. The van der Waals surface area contributed by atoms with Gasteiger partial charge in [-0.25, -0.2) is 0 Å².